The average Bonchev–Trinajstić information content (AvgIpc) is 2.63. The molecule has 0 radical (unpaired) electrons. The molecular weight excluding hydrogens is 277 g/mol. The molecule has 0 bridgehead atoms. The molecular formula is C12H26N3Zr-5. The van der Waals surface area contributed by atoms with Crippen molar-refractivity contribution in [3.05, 3.63) is 47.7 Å². The van der Waals surface area contributed by atoms with Crippen LogP contribution in [0.3, 0.4) is 0 Å². The summed E-state index contributed by atoms with van der Waals surface area (Å²) in [6.07, 6.45) is 10.0. The van der Waals surface area contributed by atoms with Crippen LogP contribution in [-0.2, 0) is 26.2 Å². The molecule has 0 spiro atoms. The Balaban J connectivity index is -0.0000000336. The van der Waals surface area contributed by atoms with Gasteiger partial charge in [-0.15, -0.1) is 6.42 Å². The monoisotopic (exact) mass is 302 g/mol. The predicted octanol–water partition coefficient (Wildman–Crippen LogP) is 3.61. The Kier molecular flexibility index (Phi) is 84.9. The minimum Gasteiger partial charge on any atom is -0.668 e. The molecule has 0 atom stereocenters. The van der Waals surface area contributed by atoms with E-state index in [9.17, 15) is 0 Å². The van der Waals surface area contributed by atoms with Crippen molar-refractivity contribution in [1.29, 1.82) is 0 Å². The van der Waals surface area contributed by atoms with Crippen LogP contribution >= 0.6 is 0 Å². The van der Waals surface area contributed by atoms with Gasteiger partial charge in [0.2, 0.25) is 0 Å². The fraction of sp³-hybridized carbons (Fsp3) is 0.583. The molecule has 16 heavy (non-hydrogen) atoms. The van der Waals surface area contributed by atoms with Crippen molar-refractivity contribution in [2.24, 2.45) is 0 Å². The molecule has 0 saturated carbocycles. The van der Waals surface area contributed by atoms with E-state index < -0.39 is 0 Å². The Morgan fingerprint density at radius 3 is 1.25 bits per heavy atom. The van der Waals surface area contributed by atoms with E-state index in [2.05, 4.69) is 28.1 Å². The van der Waals surface area contributed by atoms with Gasteiger partial charge in [0.05, 0.1) is 0 Å². The second-order valence-corrected chi connectivity index (χ2v) is 2.34. The third-order valence-corrected chi connectivity index (χ3v) is 0.586. The fourth-order valence-corrected chi connectivity index (χ4v) is 0.340. The SMILES string of the molecule is C[N-]C.C[N-]C.C[N-]C.[C-]1=CC=CC1.[CH3-].[Zr]. The van der Waals surface area contributed by atoms with Gasteiger partial charge >= 0.3 is 0 Å². The Morgan fingerprint density at radius 2 is 1.19 bits per heavy atom. The first-order valence-electron chi connectivity index (χ1n) is 4.40. The summed E-state index contributed by atoms with van der Waals surface area (Å²) >= 11 is 0. The molecule has 98 valence electrons. The van der Waals surface area contributed by atoms with E-state index in [1.807, 2.05) is 12.2 Å². The molecule has 3 nitrogen and oxygen atoms in total. The zero-order valence-electron chi connectivity index (χ0n) is 11.8. The van der Waals surface area contributed by atoms with E-state index in [-0.39, 0.29) is 33.6 Å². The standard InChI is InChI=1S/C5H5.3C2H6N.CH3.Zr/c1-2-4-5-3-1;3*1-3-2;;/h1-3H,4H2;3*1-2H3;1H3;/q5*-1;. The minimum atomic E-state index is 0. The molecule has 1 aliphatic carbocycles. The Morgan fingerprint density at radius 1 is 0.875 bits per heavy atom. The van der Waals surface area contributed by atoms with Crippen LogP contribution in [0.25, 0.3) is 16.0 Å². The van der Waals surface area contributed by atoms with Gasteiger partial charge < -0.3 is 23.4 Å². The van der Waals surface area contributed by atoms with Gasteiger partial charge in [0.25, 0.3) is 0 Å². The largest absolute Gasteiger partial charge is 0.668 e. The van der Waals surface area contributed by atoms with Crippen LogP contribution in [0.4, 0.5) is 0 Å². The first kappa shape index (κ1) is 29.9. The Bertz CT molecular complexity index is 100. The molecule has 0 aliphatic heterocycles. The van der Waals surface area contributed by atoms with Gasteiger partial charge in [0.1, 0.15) is 0 Å². The second kappa shape index (κ2) is 45.5. The number of allylic oxidation sites excluding steroid dienone is 4. The van der Waals surface area contributed by atoms with E-state index in [0.717, 1.165) is 6.42 Å². The predicted molar refractivity (Wildman–Crippen MR) is 73.6 cm³/mol. The van der Waals surface area contributed by atoms with Crippen molar-refractivity contribution in [2.75, 3.05) is 42.3 Å². The molecule has 0 amide bonds. The molecule has 4 heteroatoms. The van der Waals surface area contributed by atoms with Gasteiger partial charge in [-0.25, -0.2) is 12.2 Å². The topological polar surface area (TPSA) is 42.3 Å². The molecule has 0 aromatic rings. The quantitative estimate of drug-likeness (QED) is 0.614. The number of hydrogen-bond donors (Lipinski definition) is 0. The third kappa shape index (κ3) is 90.9. The molecule has 0 fully saturated rings. The molecule has 0 aromatic carbocycles. The molecule has 1 rings (SSSR count). The molecule has 0 unspecified atom stereocenters. The molecule has 0 heterocycles. The van der Waals surface area contributed by atoms with Crippen molar-refractivity contribution in [1.82, 2.24) is 0 Å². The van der Waals surface area contributed by atoms with Crippen molar-refractivity contribution >= 4 is 0 Å². The van der Waals surface area contributed by atoms with Gasteiger partial charge in [-0.05, 0) is 0 Å². The molecule has 0 aromatic heterocycles. The van der Waals surface area contributed by atoms with E-state index in [1.165, 1.54) is 0 Å². The Labute approximate surface area is 122 Å². The smallest absolute Gasteiger partial charge is 0 e. The summed E-state index contributed by atoms with van der Waals surface area (Å²) in [5, 5.41) is 10.5. The summed E-state index contributed by atoms with van der Waals surface area (Å²) in [4.78, 5) is 0. The van der Waals surface area contributed by atoms with Crippen LogP contribution in [0.5, 0.6) is 0 Å². The first-order valence-corrected chi connectivity index (χ1v) is 4.40. The fourth-order valence-electron chi connectivity index (χ4n) is 0.340. The van der Waals surface area contributed by atoms with Gasteiger partial charge in [-0.2, -0.15) is 48.4 Å². The number of nitrogens with zero attached hydrogens (tertiary/aromatic N) is 3. The van der Waals surface area contributed by atoms with Crippen LogP contribution in [0, 0.1) is 13.5 Å². The van der Waals surface area contributed by atoms with Gasteiger partial charge in [0, 0.05) is 26.2 Å². The van der Waals surface area contributed by atoms with Crippen LogP contribution in [0.2, 0.25) is 0 Å². The van der Waals surface area contributed by atoms with Crippen molar-refractivity contribution in [2.45, 2.75) is 6.42 Å². The average molecular weight is 304 g/mol. The summed E-state index contributed by atoms with van der Waals surface area (Å²) in [5.74, 6) is 0. The molecule has 0 saturated heterocycles. The van der Waals surface area contributed by atoms with E-state index in [1.54, 1.807) is 42.3 Å². The summed E-state index contributed by atoms with van der Waals surface area (Å²) in [6.45, 7) is 0. The minimum absolute atomic E-state index is 0. The zero-order valence-corrected chi connectivity index (χ0v) is 14.2. The van der Waals surface area contributed by atoms with Crippen LogP contribution in [-0.4, -0.2) is 42.3 Å². The van der Waals surface area contributed by atoms with Gasteiger partial charge in [0.15, 0.2) is 0 Å². The second-order valence-electron chi connectivity index (χ2n) is 2.34. The van der Waals surface area contributed by atoms with Gasteiger partial charge in [-0.3, -0.25) is 6.08 Å². The number of rotatable bonds is 0. The van der Waals surface area contributed by atoms with Gasteiger partial charge in [-0.1, -0.05) is 0 Å². The van der Waals surface area contributed by atoms with E-state index in [0.29, 0.717) is 0 Å². The summed E-state index contributed by atoms with van der Waals surface area (Å²) in [5.41, 5.74) is 0. The zero-order chi connectivity index (χ0) is 11.7. The van der Waals surface area contributed by atoms with Crippen LogP contribution < -0.4 is 0 Å². The maximum absolute atomic E-state index is 3.50. The van der Waals surface area contributed by atoms with Crippen LogP contribution in [0.1, 0.15) is 6.42 Å². The normalized spacial score (nSPS) is 8.88. The maximum Gasteiger partial charge on any atom is 0 e. The summed E-state index contributed by atoms with van der Waals surface area (Å²) in [6, 6.07) is 0. The van der Waals surface area contributed by atoms with E-state index in [4.69, 9.17) is 0 Å². The van der Waals surface area contributed by atoms with Crippen molar-refractivity contribution < 1.29 is 26.2 Å². The number of hydrogen-bond acceptors (Lipinski definition) is 0. The molecule has 0 N–H and O–H groups in total. The summed E-state index contributed by atoms with van der Waals surface area (Å²) in [7, 11) is 10.5. The van der Waals surface area contributed by atoms with Crippen molar-refractivity contribution in [3.63, 3.8) is 0 Å². The Hall–Kier alpha value is 0.243. The maximum atomic E-state index is 3.50. The first-order chi connectivity index (χ1) is 6.74. The van der Waals surface area contributed by atoms with Crippen LogP contribution in [0.15, 0.2) is 18.2 Å². The van der Waals surface area contributed by atoms with Crippen molar-refractivity contribution in [3.8, 4) is 0 Å². The van der Waals surface area contributed by atoms with E-state index >= 15 is 0 Å². The molecule has 1 aliphatic rings. The summed E-state index contributed by atoms with van der Waals surface area (Å²) < 4.78 is 0. The third-order valence-electron chi connectivity index (χ3n) is 0.586.